The largest absolute Gasteiger partial charge is 0.453 e. The molecule has 0 aliphatic carbocycles. The van der Waals surface area contributed by atoms with Gasteiger partial charge in [-0.2, -0.15) is 4.98 Å². The molecule has 4 heterocycles. The maximum atomic E-state index is 12.0. The van der Waals surface area contributed by atoms with Gasteiger partial charge in [0, 0.05) is 32.5 Å². The number of hydrogen-bond donors (Lipinski definition) is 0. The van der Waals surface area contributed by atoms with Crippen molar-refractivity contribution < 1.29 is 33.3 Å². The lowest BCUT2D eigenvalue weighted by molar-refractivity contribution is -0.198. The van der Waals surface area contributed by atoms with Crippen LogP contribution in [-0.4, -0.2) is 60.3 Å². The normalized spacial score (nSPS) is 22.4. The summed E-state index contributed by atoms with van der Waals surface area (Å²) in [5.41, 5.74) is 0.632. The zero-order valence-electron chi connectivity index (χ0n) is 17.6. The number of hydrogen-bond acceptors (Lipinski definition) is 11. The molecule has 0 radical (unpaired) electrons. The Morgan fingerprint density at radius 3 is 2.30 bits per heavy atom. The van der Waals surface area contributed by atoms with Crippen LogP contribution in [0.25, 0.3) is 16.8 Å². The summed E-state index contributed by atoms with van der Waals surface area (Å²) in [6.45, 7) is 3.48. The Bertz CT molecular complexity index is 1320. The molecule has 0 N–H and O–H groups in total. The van der Waals surface area contributed by atoms with Crippen LogP contribution in [0.2, 0.25) is 0 Å². The van der Waals surface area contributed by atoms with Crippen LogP contribution < -0.4 is 5.56 Å². The van der Waals surface area contributed by atoms with E-state index in [1.807, 2.05) is 0 Å². The Labute approximate surface area is 190 Å². The number of aromatic nitrogens is 5. The molecule has 0 spiro atoms. The minimum Gasteiger partial charge on any atom is -0.453 e. The minimum atomic E-state index is -1.36. The van der Waals surface area contributed by atoms with Crippen molar-refractivity contribution in [3.05, 3.63) is 34.8 Å². The summed E-state index contributed by atoms with van der Waals surface area (Å²) in [4.78, 5) is 59.7. The summed E-state index contributed by atoms with van der Waals surface area (Å²) in [5, 5.41) is 0. The van der Waals surface area contributed by atoms with Crippen LogP contribution in [0.4, 0.5) is 0 Å². The molecule has 33 heavy (non-hydrogen) atoms. The van der Waals surface area contributed by atoms with E-state index in [9.17, 15) is 19.2 Å². The van der Waals surface area contributed by atoms with Crippen molar-refractivity contribution in [3.63, 3.8) is 0 Å². The molecule has 4 atom stereocenters. The van der Waals surface area contributed by atoms with Gasteiger partial charge in [0.05, 0.1) is 12.2 Å². The fourth-order valence-corrected chi connectivity index (χ4v) is 3.81. The summed E-state index contributed by atoms with van der Waals surface area (Å²) in [6, 6.07) is 1.29. The average Bonchev–Trinajstić information content (AvgIpc) is 3.29. The molecule has 3 aromatic heterocycles. The molecule has 4 rings (SSSR count). The van der Waals surface area contributed by atoms with Crippen molar-refractivity contribution in [1.29, 1.82) is 0 Å². The number of alkyl halides is 1. The highest BCUT2D eigenvalue weighted by molar-refractivity contribution is 6.16. The lowest BCUT2D eigenvalue weighted by Gasteiger charge is -2.23. The maximum absolute atomic E-state index is 12.0. The van der Waals surface area contributed by atoms with Crippen LogP contribution in [0.5, 0.6) is 0 Å². The first-order valence-corrected chi connectivity index (χ1v) is 10.2. The van der Waals surface area contributed by atoms with E-state index in [2.05, 4.69) is 15.0 Å². The highest BCUT2D eigenvalue weighted by atomic mass is 35.5. The van der Waals surface area contributed by atoms with Crippen LogP contribution in [0, 0.1) is 0 Å². The van der Waals surface area contributed by atoms with E-state index in [1.165, 1.54) is 34.6 Å². The Balaban J connectivity index is 1.85. The summed E-state index contributed by atoms with van der Waals surface area (Å²) >= 11 is 5.93. The zero-order valence-corrected chi connectivity index (χ0v) is 18.4. The third-order valence-corrected chi connectivity index (χ3v) is 5.04. The predicted octanol–water partition coefficient (Wildman–Crippen LogP) is 0.459. The monoisotopic (exact) mass is 479 g/mol. The summed E-state index contributed by atoms with van der Waals surface area (Å²) in [7, 11) is 0. The van der Waals surface area contributed by atoms with Gasteiger partial charge in [0.2, 0.25) is 12.4 Å². The van der Waals surface area contributed by atoms with Crippen molar-refractivity contribution in [1.82, 2.24) is 23.9 Å². The van der Waals surface area contributed by atoms with Gasteiger partial charge in [-0.3, -0.25) is 28.1 Å². The van der Waals surface area contributed by atoms with Crippen molar-refractivity contribution in [2.75, 3.05) is 0 Å². The Kier molecular flexibility index (Phi) is 5.99. The number of esters is 3. The van der Waals surface area contributed by atoms with Crippen LogP contribution in [-0.2, 0) is 39.2 Å². The first kappa shape index (κ1) is 22.6. The molecule has 0 aromatic carbocycles. The van der Waals surface area contributed by atoms with Crippen molar-refractivity contribution in [2.45, 2.75) is 51.4 Å². The second kappa shape index (κ2) is 8.75. The Morgan fingerprint density at radius 1 is 1.00 bits per heavy atom. The minimum absolute atomic E-state index is 0.0429. The molecular weight excluding hydrogens is 462 g/mol. The number of carbonyl (C=O) groups is 3. The predicted molar refractivity (Wildman–Crippen MR) is 109 cm³/mol. The molecule has 1 aliphatic rings. The van der Waals surface area contributed by atoms with E-state index in [-0.39, 0.29) is 22.7 Å². The summed E-state index contributed by atoms with van der Waals surface area (Å²) < 4.78 is 24.5. The van der Waals surface area contributed by atoms with Crippen LogP contribution in [0.15, 0.2) is 23.5 Å². The highest BCUT2D eigenvalue weighted by Gasteiger charge is 2.52. The maximum Gasteiger partial charge on any atom is 0.305 e. The third kappa shape index (κ3) is 4.24. The molecule has 1 aliphatic heterocycles. The lowest BCUT2D eigenvalue weighted by Crippen LogP contribution is -2.40. The van der Waals surface area contributed by atoms with E-state index < -0.39 is 48.2 Å². The van der Waals surface area contributed by atoms with Gasteiger partial charge in [0.1, 0.15) is 6.33 Å². The lowest BCUT2D eigenvalue weighted by atomic mass is 10.2. The molecule has 2 unspecified atom stereocenters. The molecule has 0 bridgehead atoms. The van der Waals surface area contributed by atoms with Crippen LogP contribution in [0.1, 0.15) is 32.7 Å². The van der Waals surface area contributed by atoms with Crippen molar-refractivity contribution in [2.24, 2.45) is 0 Å². The number of halogens is 1. The number of ether oxygens (including phenoxy) is 4. The van der Waals surface area contributed by atoms with Gasteiger partial charge >= 0.3 is 17.9 Å². The van der Waals surface area contributed by atoms with Crippen LogP contribution in [0.3, 0.4) is 0 Å². The van der Waals surface area contributed by atoms with E-state index in [0.717, 1.165) is 13.8 Å². The van der Waals surface area contributed by atoms with Gasteiger partial charge in [-0.05, 0) is 0 Å². The quantitative estimate of drug-likeness (QED) is 0.285. The molecule has 14 heteroatoms. The fraction of sp³-hybridized carbons (Fsp3) is 0.421. The average molecular weight is 480 g/mol. The number of imidazole rings is 1. The van der Waals surface area contributed by atoms with Gasteiger partial charge in [0.25, 0.3) is 5.56 Å². The van der Waals surface area contributed by atoms with Gasteiger partial charge in [-0.25, -0.2) is 9.97 Å². The molecule has 13 nitrogen and oxygen atoms in total. The third-order valence-electron chi connectivity index (χ3n) is 4.76. The Hall–Kier alpha value is -3.58. The van der Waals surface area contributed by atoms with Gasteiger partial charge in [-0.15, -0.1) is 11.6 Å². The highest BCUT2D eigenvalue weighted by Crippen LogP contribution is 2.36. The van der Waals surface area contributed by atoms with Gasteiger partial charge in [-0.1, -0.05) is 0 Å². The fourth-order valence-electron chi connectivity index (χ4n) is 3.60. The Morgan fingerprint density at radius 2 is 1.67 bits per heavy atom. The van der Waals surface area contributed by atoms with E-state index >= 15 is 0 Å². The van der Waals surface area contributed by atoms with Crippen LogP contribution >= 0.6 is 11.6 Å². The SMILES string of the molecule is CC(=O)OC1C(OC(C)=O)[C@H](n2cnc3c2ncn2c(CCl)cc(=O)nc32)O[C@@H]1OC(C)=O. The van der Waals surface area contributed by atoms with Crippen molar-refractivity contribution >= 4 is 46.3 Å². The second-order valence-electron chi connectivity index (χ2n) is 7.13. The topological polar surface area (TPSA) is 153 Å². The first-order chi connectivity index (χ1) is 15.7. The molecular formula is C19H18ClN5O8. The second-order valence-corrected chi connectivity index (χ2v) is 7.40. The van der Waals surface area contributed by atoms with E-state index in [0.29, 0.717) is 5.69 Å². The molecule has 3 aromatic rings. The molecule has 174 valence electrons. The van der Waals surface area contributed by atoms with Crippen molar-refractivity contribution in [3.8, 4) is 0 Å². The number of nitrogens with zero attached hydrogens (tertiary/aromatic N) is 5. The number of rotatable bonds is 5. The standard InChI is InChI=1S/C19H18ClN5O8/c1-8(26)30-14-15(31-9(2)27)19(32-10(3)28)33-18(14)25-6-21-13-16(25)22-7-24-11(5-20)4-12(29)23-17(13)24/h4,6-7,14-15,18-19H,5H2,1-3H3/t14?,15?,18-,19+/m1/s1. The number of fused-ring (bicyclic) bond motifs is 3. The molecule has 1 fully saturated rings. The summed E-state index contributed by atoms with van der Waals surface area (Å²) in [6.07, 6.45) is -2.20. The summed E-state index contributed by atoms with van der Waals surface area (Å²) in [5.74, 6) is -2.04. The smallest absolute Gasteiger partial charge is 0.305 e. The molecule has 0 amide bonds. The first-order valence-electron chi connectivity index (χ1n) is 9.66. The van der Waals surface area contributed by atoms with Gasteiger partial charge < -0.3 is 18.9 Å². The zero-order chi connectivity index (χ0) is 23.9. The molecule has 0 saturated carbocycles. The molecule has 1 saturated heterocycles. The van der Waals surface area contributed by atoms with E-state index in [1.54, 1.807) is 0 Å². The van der Waals surface area contributed by atoms with Gasteiger partial charge in [0.15, 0.2) is 29.1 Å². The van der Waals surface area contributed by atoms with E-state index in [4.69, 9.17) is 30.5 Å². The number of carbonyl (C=O) groups excluding carboxylic acids is 3.